The van der Waals surface area contributed by atoms with Crippen LogP contribution in [-0.4, -0.2) is 9.97 Å². The van der Waals surface area contributed by atoms with E-state index >= 15 is 0 Å². The van der Waals surface area contributed by atoms with Gasteiger partial charge in [0.05, 0.1) is 5.88 Å². The molecule has 0 aliphatic heterocycles. The third kappa shape index (κ3) is 1.60. The molecule has 0 unspecified atom stereocenters. The van der Waals surface area contributed by atoms with Crippen LogP contribution >= 0.6 is 11.6 Å². The maximum atomic E-state index is 11.1. The number of rotatable bonds is 1. The van der Waals surface area contributed by atoms with Crippen molar-refractivity contribution in [3.05, 3.63) is 27.4 Å². The first-order valence-corrected chi connectivity index (χ1v) is 3.81. The lowest BCUT2D eigenvalue weighted by molar-refractivity contribution is 0.939. The van der Waals surface area contributed by atoms with E-state index in [0.29, 0.717) is 11.4 Å². The Hall–Kier alpha value is -0.830. The van der Waals surface area contributed by atoms with Gasteiger partial charge in [-0.1, -0.05) is 0 Å². The second-order valence-electron chi connectivity index (χ2n) is 2.36. The van der Waals surface area contributed by atoms with E-state index in [1.54, 1.807) is 13.8 Å². The van der Waals surface area contributed by atoms with Crippen molar-refractivity contribution in [3.63, 3.8) is 0 Å². The van der Waals surface area contributed by atoms with Crippen LogP contribution < -0.4 is 5.56 Å². The molecular formula is C7H9ClN2O. The molecule has 1 rings (SSSR count). The van der Waals surface area contributed by atoms with Gasteiger partial charge in [-0.2, -0.15) is 0 Å². The maximum Gasteiger partial charge on any atom is 0.254 e. The Morgan fingerprint density at radius 2 is 2.18 bits per heavy atom. The molecule has 0 fully saturated rings. The summed E-state index contributed by atoms with van der Waals surface area (Å²) < 4.78 is 0. The Morgan fingerprint density at radius 3 is 2.64 bits per heavy atom. The molecule has 0 amide bonds. The first-order chi connectivity index (χ1) is 5.15. The van der Waals surface area contributed by atoms with Crippen molar-refractivity contribution in [2.24, 2.45) is 0 Å². The van der Waals surface area contributed by atoms with Crippen molar-refractivity contribution in [1.82, 2.24) is 9.97 Å². The van der Waals surface area contributed by atoms with Gasteiger partial charge in [-0.05, 0) is 13.8 Å². The number of nitrogens with zero attached hydrogens (tertiary/aromatic N) is 1. The smallest absolute Gasteiger partial charge is 0.254 e. The molecule has 1 heterocycles. The molecule has 0 aromatic carbocycles. The first-order valence-electron chi connectivity index (χ1n) is 3.27. The van der Waals surface area contributed by atoms with Crippen molar-refractivity contribution in [2.75, 3.05) is 0 Å². The molecule has 0 aliphatic rings. The second kappa shape index (κ2) is 3.05. The summed E-state index contributed by atoms with van der Waals surface area (Å²) in [5.41, 5.74) is 1.29. The fourth-order valence-electron chi connectivity index (χ4n) is 0.767. The molecule has 0 saturated carbocycles. The number of nitrogens with one attached hydrogen (secondary N) is 1. The minimum Gasteiger partial charge on any atom is -0.309 e. The fraction of sp³-hybridized carbons (Fsp3) is 0.429. The standard InChI is InChI=1S/C7H9ClN2O/c1-4-5(2)9-6(3-8)10-7(4)11/h3H2,1-2H3,(H,9,10,11). The minimum atomic E-state index is -0.104. The zero-order valence-corrected chi connectivity index (χ0v) is 7.20. The van der Waals surface area contributed by atoms with Crippen LogP contribution in [0.1, 0.15) is 17.1 Å². The maximum absolute atomic E-state index is 11.1. The number of hydrogen-bond donors (Lipinski definition) is 1. The van der Waals surface area contributed by atoms with Gasteiger partial charge in [0.1, 0.15) is 5.82 Å². The number of aryl methyl sites for hydroxylation is 1. The monoisotopic (exact) mass is 172 g/mol. The summed E-state index contributed by atoms with van der Waals surface area (Å²) in [5, 5.41) is 0. The van der Waals surface area contributed by atoms with E-state index in [1.807, 2.05) is 0 Å². The molecular weight excluding hydrogens is 164 g/mol. The van der Waals surface area contributed by atoms with Crippen LogP contribution in [0.2, 0.25) is 0 Å². The molecule has 1 aromatic rings. The van der Waals surface area contributed by atoms with E-state index in [0.717, 1.165) is 5.69 Å². The normalized spacial score (nSPS) is 10.1. The van der Waals surface area contributed by atoms with E-state index in [2.05, 4.69) is 9.97 Å². The molecule has 1 aromatic heterocycles. The zero-order valence-electron chi connectivity index (χ0n) is 6.44. The zero-order chi connectivity index (χ0) is 8.43. The number of aromatic amines is 1. The summed E-state index contributed by atoms with van der Waals surface area (Å²) in [6, 6.07) is 0. The van der Waals surface area contributed by atoms with E-state index in [1.165, 1.54) is 0 Å². The molecule has 0 radical (unpaired) electrons. The van der Waals surface area contributed by atoms with Crippen molar-refractivity contribution >= 4 is 11.6 Å². The van der Waals surface area contributed by atoms with E-state index < -0.39 is 0 Å². The second-order valence-corrected chi connectivity index (χ2v) is 2.62. The molecule has 0 aliphatic carbocycles. The molecule has 11 heavy (non-hydrogen) atoms. The highest BCUT2D eigenvalue weighted by Crippen LogP contribution is 1.98. The Morgan fingerprint density at radius 1 is 1.55 bits per heavy atom. The lowest BCUT2D eigenvalue weighted by atomic mass is 10.3. The highest BCUT2D eigenvalue weighted by Gasteiger charge is 2.01. The van der Waals surface area contributed by atoms with Gasteiger partial charge in [0.15, 0.2) is 0 Å². The van der Waals surface area contributed by atoms with Gasteiger partial charge in [0, 0.05) is 11.3 Å². The van der Waals surface area contributed by atoms with Crippen LogP contribution in [0.4, 0.5) is 0 Å². The highest BCUT2D eigenvalue weighted by molar-refractivity contribution is 6.16. The van der Waals surface area contributed by atoms with Crippen molar-refractivity contribution in [2.45, 2.75) is 19.7 Å². The number of H-pyrrole nitrogens is 1. The van der Waals surface area contributed by atoms with E-state index in [9.17, 15) is 4.79 Å². The molecule has 0 atom stereocenters. The predicted molar refractivity (Wildman–Crippen MR) is 43.9 cm³/mol. The van der Waals surface area contributed by atoms with E-state index in [4.69, 9.17) is 11.6 Å². The number of hydrogen-bond acceptors (Lipinski definition) is 2. The van der Waals surface area contributed by atoms with Crippen molar-refractivity contribution < 1.29 is 0 Å². The van der Waals surface area contributed by atoms with Gasteiger partial charge in [0.2, 0.25) is 0 Å². The van der Waals surface area contributed by atoms with Crippen molar-refractivity contribution in [3.8, 4) is 0 Å². The quantitative estimate of drug-likeness (QED) is 0.646. The Balaban J connectivity index is 3.32. The van der Waals surface area contributed by atoms with Crippen LogP contribution in [0.25, 0.3) is 0 Å². The number of halogens is 1. The summed E-state index contributed by atoms with van der Waals surface area (Å²) in [7, 11) is 0. The molecule has 4 heteroatoms. The predicted octanol–water partition coefficient (Wildman–Crippen LogP) is 1.13. The average Bonchev–Trinajstić information content (AvgIpc) is 1.99. The van der Waals surface area contributed by atoms with Gasteiger partial charge >= 0.3 is 0 Å². The third-order valence-electron chi connectivity index (χ3n) is 1.57. The Labute approximate surface area is 69.4 Å². The van der Waals surface area contributed by atoms with Gasteiger partial charge in [-0.25, -0.2) is 4.98 Å². The van der Waals surface area contributed by atoms with Crippen LogP contribution in [0.15, 0.2) is 4.79 Å². The molecule has 1 N–H and O–H groups in total. The lowest BCUT2D eigenvalue weighted by Crippen LogP contribution is -2.15. The average molecular weight is 173 g/mol. The van der Waals surface area contributed by atoms with Gasteiger partial charge < -0.3 is 4.98 Å². The summed E-state index contributed by atoms with van der Waals surface area (Å²) >= 11 is 5.49. The summed E-state index contributed by atoms with van der Waals surface area (Å²) in [5.74, 6) is 0.774. The van der Waals surface area contributed by atoms with Crippen LogP contribution in [0.3, 0.4) is 0 Å². The Kier molecular flexibility index (Phi) is 2.29. The summed E-state index contributed by atoms with van der Waals surface area (Å²) in [6.45, 7) is 3.53. The summed E-state index contributed by atoms with van der Waals surface area (Å²) in [6.07, 6.45) is 0. The fourth-order valence-corrected chi connectivity index (χ4v) is 0.893. The highest BCUT2D eigenvalue weighted by atomic mass is 35.5. The van der Waals surface area contributed by atoms with Crippen molar-refractivity contribution in [1.29, 1.82) is 0 Å². The minimum absolute atomic E-state index is 0.104. The number of alkyl halides is 1. The van der Waals surface area contributed by atoms with Gasteiger partial charge in [-0.3, -0.25) is 4.79 Å². The van der Waals surface area contributed by atoms with Crippen LogP contribution in [0.5, 0.6) is 0 Å². The molecule has 0 spiro atoms. The van der Waals surface area contributed by atoms with Crippen LogP contribution in [-0.2, 0) is 5.88 Å². The Bertz CT molecular complexity index is 319. The lowest BCUT2D eigenvalue weighted by Gasteiger charge is -1.99. The van der Waals surface area contributed by atoms with Gasteiger partial charge in [-0.15, -0.1) is 11.6 Å². The van der Waals surface area contributed by atoms with Gasteiger partial charge in [0.25, 0.3) is 5.56 Å². The topological polar surface area (TPSA) is 45.8 Å². The molecule has 60 valence electrons. The van der Waals surface area contributed by atoms with Crippen LogP contribution in [0, 0.1) is 13.8 Å². The molecule has 3 nitrogen and oxygen atoms in total. The third-order valence-corrected chi connectivity index (χ3v) is 1.82. The largest absolute Gasteiger partial charge is 0.309 e. The molecule has 0 saturated heterocycles. The van der Waals surface area contributed by atoms with E-state index in [-0.39, 0.29) is 11.4 Å². The summed E-state index contributed by atoms with van der Waals surface area (Å²) in [4.78, 5) is 17.7. The number of aromatic nitrogens is 2. The molecule has 0 bridgehead atoms. The SMILES string of the molecule is Cc1nc(CCl)[nH]c(=O)c1C. The first kappa shape index (κ1) is 8.27.